The summed E-state index contributed by atoms with van der Waals surface area (Å²) in [6, 6.07) is 15.0. The van der Waals surface area contributed by atoms with Crippen LogP contribution in [0.2, 0.25) is 0 Å². The molecule has 0 atom stereocenters. The molecule has 1 aliphatic rings. The van der Waals surface area contributed by atoms with Crippen LogP contribution in [0, 0.1) is 0 Å². The molecule has 3 rings (SSSR count). The van der Waals surface area contributed by atoms with E-state index in [1.807, 2.05) is 30.3 Å². The fourth-order valence-corrected chi connectivity index (χ4v) is 4.03. The maximum absolute atomic E-state index is 12.7. The van der Waals surface area contributed by atoms with Gasteiger partial charge in [0.1, 0.15) is 0 Å². The van der Waals surface area contributed by atoms with Crippen LogP contribution in [0.1, 0.15) is 24.5 Å². The molecule has 2 aromatic rings. The van der Waals surface area contributed by atoms with Crippen LogP contribution in [0.25, 0.3) is 6.08 Å². The van der Waals surface area contributed by atoms with Gasteiger partial charge in [-0.2, -0.15) is 0 Å². The third-order valence-corrected chi connectivity index (χ3v) is 5.61. The molecule has 2 amide bonds. The van der Waals surface area contributed by atoms with Crippen LogP contribution in [-0.2, 0) is 20.7 Å². The molecule has 7 nitrogen and oxygen atoms in total. The molecule has 168 valence electrons. The van der Waals surface area contributed by atoms with Crippen molar-refractivity contribution in [3.8, 4) is 11.5 Å². The zero-order chi connectivity index (χ0) is 22.9. The molecule has 2 aromatic carbocycles. The highest BCUT2D eigenvalue weighted by Gasteiger charge is 2.34. The Bertz CT molecular complexity index is 1000. The number of carbonyl (C=O) groups excluding carboxylic acids is 3. The minimum absolute atomic E-state index is 0.231. The van der Waals surface area contributed by atoms with Crippen molar-refractivity contribution >= 4 is 35.0 Å². The summed E-state index contributed by atoms with van der Waals surface area (Å²) in [7, 11) is 1.48. The normalized spacial score (nSPS) is 14.7. The van der Waals surface area contributed by atoms with Crippen LogP contribution in [0.15, 0.2) is 53.4 Å². The molecule has 0 radical (unpaired) electrons. The second-order valence-electron chi connectivity index (χ2n) is 6.93. The number of carbonyl (C=O) groups is 3. The van der Waals surface area contributed by atoms with Crippen LogP contribution < -0.4 is 9.47 Å². The highest BCUT2D eigenvalue weighted by atomic mass is 32.2. The van der Waals surface area contributed by atoms with Gasteiger partial charge in [-0.3, -0.25) is 14.5 Å². The fraction of sp³-hybridized carbons (Fsp3) is 0.292. The Morgan fingerprint density at radius 1 is 1.09 bits per heavy atom. The lowest BCUT2D eigenvalue weighted by atomic mass is 10.1. The number of nitrogens with zero attached hydrogens (tertiary/aromatic N) is 1. The molecule has 0 unspecified atom stereocenters. The standard InChI is InChI=1S/C24H25NO6S/c1-3-30-22(26)16-31-19-12-11-18(14-20(19)29-2)15-21-23(27)25(24(28)32-21)13-7-10-17-8-5-4-6-9-17/h4-6,8-9,11-12,14-15H,3,7,10,13,16H2,1-2H3/b21-15+. The van der Waals surface area contributed by atoms with E-state index in [-0.39, 0.29) is 24.4 Å². The molecule has 0 aromatic heterocycles. The van der Waals surface area contributed by atoms with Crippen molar-refractivity contribution in [2.45, 2.75) is 19.8 Å². The van der Waals surface area contributed by atoms with Gasteiger partial charge in [0.15, 0.2) is 18.1 Å². The predicted molar refractivity (Wildman–Crippen MR) is 123 cm³/mol. The Morgan fingerprint density at radius 2 is 1.88 bits per heavy atom. The number of thioether (sulfide) groups is 1. The van der Waals surface area contributed by atoms with E-state index in [1.54, 1.807) is 31.2 Å². The Balaban J connectivity index is 1.63. The third-order valence-electron chi connectivity index (χ3n) is 4.70. The summed E-state index contributed by atoms with van der Waals surface area (Å²) in [5.41, 5.74) is 1.85. The van der Waals surface area contributed by atoms with Crippen molar-refractivity contribution in [2.75, 3.05) is 26.9 Å². The maximum atomic E-state index is 12.7. The van der Waals surface area contributed by atoms with Crippen LogP contribution in [0.4, 0.5) is 4.79 Å². The lowest BCUT2D eigenvalue weighted by Gasteiger charge is -2.12. The van der Waals surface area contributed by atoms with Crippen molar-refractivity contribution in [3.63, 3.8) is 0 Å². The number of esters is 1. The van der Waals surface area contributed by atoms with Gasteiger partial charge < -0.3 is 14.2 Å². The van der Waals surface area contributed by atoms with E-state index >= 15 is 0 Å². The molecule has 0 bridgehead atoms. The van der Waals surface area contributed by atoms with Crippen molar-refractivity contribution in [1.29, 1.82) is 0 Å². The van der Waals surface area contributed by atoms with Gasteiger partial charge in [0.05, 0.1) is 18.6 Å². The van der Waals surface area contributed by atoms with Crippen molar-refractivity contribution in [2.24, 2.45) is 0 Å². The SMILES string of the molecule is CCOC(=O)COc1ccc(/C=C2/SC(=O)N(CCCc3ccccc3)C2=O)cc1OC. The van der Waals surface area contributed by atoms with E-state index < -0.39 is 5.97 Å². The van der Waals surface area contributed by atoms with Crippen molar-refractivity contribution in [3.05, 3.63) is 64.6 Å². The van der Waals surface area contributed by atoms with E-state index in [0.29, 0.717) is 34.9 Å². The quantitative estimate of drug-likeness (QED) is 0.390. The summed E-state index contributed by atoms with van der Waals surface area (Å²) >= 11 is 0.925. The average Bonchev–Trinajstić information content (AvgIpc) is 3.06. The summed E-state index contributed by atoms with van der Waals surface area (Å²) in [6.07, 6.45) is 3.15. The molecule has 1 fully saturated rings. The number of rotatable bonds is 10. The smallest absolute Gasteiger partial charge is 0.344 e. The van der Waals surface area contributed by atoms with Crippen molar-refractivity contribution in [1.82, 2.24) is 4.90 Å². The molecule has 1 aliphatic heterocycles. The molecule has 0 aliphatic carbocycles. The molecular weight excluding hydrogens is 430 g/mol. The van der Waals surface area contributed by atoms with E-state index in [9.17, 15) is 14.4 Å². The van der Waals surface area contributed by atoms with Crippen molar-refractivity contribution < 1.29 is 28.6 Å². The van der Waals surface area contributed by atoms with Gasteiger partial charge in [0.2, 0.25) is 0 Å². The van der Waals surface area contributed by atoms with Gasteiger partial charge in [-0.1, -0.05) is 36.4 Å². The fourth-order valence-electron chi connectivity index (χ4n) is 3.16. The number of methoxy groups -OCH3 is 1. The van der Waals surface area contributed by atoms with Crippen LogP contribution in [-0.4, -0.2) is 48.9 Å². The number of aryl methyl sites for hydroxylation is 1. The topological polar surface area (TPSA) is 82.1 Å². The molecule has 1 saturated heterocycles. The second-order valence-corrected chi connectivity index (χ2v) is 7.92. The summed E-state index contributed by atoms with van der Waals surface area (Å²) in [5.74, 6) is 0.0195. The maximum Gasteiger partial charge on any atom is 0.344 e. The third kappa shape index (κ3) is 6.13. The number of benzene rings is 2. The second kappa shape index (κ2) is 11.4. The first-order valence-corrected chi connectivity index (χ1v) is 11.1. The molecule has 1 heterocycles. The number of imide groups is 1. The van der Waals surface area contributed by atoms with Gasteiger partial charge in [-0.25, -0.2) is 4.79 Å². The average molecular weight is 456 g/mol. The first kappa shape index (κ1) is 23.4. The van der Waals surface area contributed by atoms with Gasteiger partial charge in [-0.15, -0.1) is 0 Å². The highest BCUT2D eigenvalue weighted by molar-refractivity contribution is 8.18. The molecule has 8 heteroatoms. The van der Waals surface area contributed by atoms with Crippen LogP contribution >= 0.6 is 11.8 Å². The van der Waals surface area contributed by atoms with E-state index in [4.69, 9.17) is 14.2 Å². The molecule has 0 spiro atoms. The summed E-state index contributed by atoms with van der Waals surface area (Å²) < 4.78 is 15.6. The zero-order valence-electron chi connectivity index (χ0n) is 18.0. The lowest BCUT2D eigenvalue weighted by molar-refractivity contribution is -0.145. The molecule has 0 saturated carbocycles. The molecule has 32 heavy (non-hydrogen) atoms. The minimum atomic E-state index is -0.473. The molecular formula is C24H25NO6S. The van der Waals surface area contributed by atoms with Gasteiger partial charge in [0, 0.05) is 6.54 Å². The zero-order valence-corrected chi connectivity index (χ0v) is 18.9. The van der Waals surface area contributed by atoms with E-state index in [0.717, 1.165) is 18.2 Å². The summed E-state index contributed by atoms with van der Waals surface area (Å²) in [6.45, 7) is 2.14. The number of hydrogen-bond donors (Lipinski definition) is 0. The summed E-state index contributed by atoms with van der Waals surface area (Å²) in [4.78, 5) is 38.2. The first-order valence-electron chi connectivity index (χ1n) is 10.3. The number of amides is 2. The first-order chi connectivity index (χ1) is 15.5. The lowest BCUT2D eigenvalue weighted by Crippen LogP contribution is -2.29. The summed E-state index contributed by atoms with van der Waals surface area (Å²) in [5, 5.41) is -0.268. The Labute approximate surface area is 191 Å². The van der Waals surface area contributed by atoms with E-state index in [2.05, 4.69) is 0 Å². The van der Waals surface area contributed by atoms with Gasteiger partial charge in [0.25, 0.3) is 11.1 Å². The largest absolute Gasteiger partial charge is 0.493 e. The van der Waals surface area contributed by atoms with Gasteiger partial charge >= 0.3 is 5.97 Å². The van der Waals surface area contributed by atoms with Crippen LogP contribution in [0.5, 0.6) is 11.5 Å². The highest BCUT2D eigenvalue weighted by Crippen LogP contribution is 2.34. The molecule has 0 N–H and O–H groups in total. The Hall–Kier alpha value is -3.26. The van der Waals surface area contributed by atoms with E-state index in [1.165, 1.54) is 17.6 Å². The Kier molecular flexibility index (Phi) is 8.33. The predicted octanol–water partition coefficient (Wildman–Crippen LogP) is 4.31. The minimum Gasteiger partial charge on any atom is -0.493 e. The Morgan fingerprint density at radius 3 is 2.59 bits per heavy atom. The monoisotopic (exact) mass is 455 g/mol. The number of ether oxygens (including phenoxy) is 3. The number of hydrogen-bond acceptors (Lipinski definition) is 7. The van der Waals surface area contributed by atoms with Crippen LogP contribution in [0.3, 0.4) is 0 Å². The van der Waals surface area contributed by atoms with Gasteiger partial charge in [-0.05, 0) is 60.9 Å².